The predicted molar refractivity (Wildman–Crippen MR) is 152 cm³/mol. The summed E-state index contributed by atoms with van der Waals surface area (Å²) in [5.41, 5.74) is 1.05. The molecule has 4 rings (SSSR count). The number of hydrogen-bond donors (Lipinski definition) is 4. The first-order valence-electron chi connectivity index (χ1n) is 14.3. The molecule has 0 fully saturated rings. The molecule has 0 radical (unpaired) electrons. The summed E-state index contributed by atoms with van der Waals surface area (Å²) in [6.07, 6.45) is 6.85. The Balaban J connectivity index is 1.50. The van der Waals surface area contributed by atoms with Crippen LogP contribution in [0.1, 0.15) is 73.9 Å². The standard InChI is InChI=1S/C29H38N8O5/c1-19(2)25-28(41)34-22(15-20-9-4-3-5-10-20)29-35-23(16-42-29)26(39)31-13-7-6-11-21(27(40)36-25)33-24(38)12-8-14-37-18-30-17-32-37/h3-5,9-10,16-19,21-22,25H,6-8,11-15H2,1-2H3,(H,31,39)(H,33,38)(H,34,41)(H,36,40)/t21-,22+,25-/m0/s1. The Morgan fingerprint density at radius 2 is 1.93 bits per heavy atom. The Morgan fingerprint density at radius 1 is 1.12 bits per heavy atom. The third kappa shape index (κ3) is 8.72. The summed E-state index contributed by atoms with van der Waals surface area (Å²) in [5, 5.41) is 15.5. The second kappa shape index (κ2) is 14.9. The van der Waals surface area contributed by atoms with Crippen molar-refractivity contribution in [2.75, 3.05) is 6.54 Å². The van der Waals surface area contributed by atoms with Gasteiger partial charge in [-0.2, -0.15) is 5.10 Å². The van der Waals surface area contributed by atoms with Crippen molar-refractivity contribution in [3.63, 3.8) is 0 Å². The number of aromatic nitrogens is 4. The molecule has 3 heterocycles. The van der Waals surface area contributed by atoms with Crippen LogP contribution in [0.2, 0.25) is 0 Å². The Hall–Kier alpha value is -4.55. The fourth-order valence-electron chi connectivity index (χ4n) is 4.70. The summed E-state index contributed by atoms with van der Waals surface area (Å²) < 4.78 is 7.28. The number of aryl methyl sites for hydroxylation is 1. The summed E-state index contributed by atoms with van der Waals surface area (Å²) in [7, 11) is 0. The van der Waals surface area contributed by atoms with E-state index in [4.69, 9.17) is 4.42 Å². The molecule has 13 nitrogen and oxygen atoms in total. The topological polar surface area (TPSA) is 173 Å². The minimum Gasteiger partial charge on any atom is -0.446 e. The number of nitrogens with one attached hydrogen (secondary N) is 4. The molecule has 4 N–H and O–H groups in total. The lowest BCUT2D eigenvalue weighted by Gasteiger charge is -2.27. The summed E-state index contributed by atoms with van der Waals surface area (Å²) >= 11 is 0. The number of fused-ring (bicyclic) bond motifs is 2. The quantitative estimate of drug-likeness (QED) is 0.312. The zero-order valence-corrected chi connectivity index (χ0v) is 23.9. The van der Waals surface area contributed by atoms with Gasteiger partial charge in [0.05, 0.1) is 0 Å². The number of carbonyl (C=O) groups excluding carboxylic acids is 4. The number of oxazole rings is 1. The lowest BCUT2D eigenvalue weighted by Crippen LogP contribution is -2.56. The van der Waals surface area contributed by atoms with Crippen LogP contribution < -0.4 is 21.3 Å². The molecule has 3 atom stereocenters. The number of nitrogens with zero attached hydrogens (tertiary/aromatic N) is 4. The van der Waals surface area contributed by atoms with Crippen LogP contribution in [0, 0.1) is 5.92 Å². The predicted octanol–water partition coefficient (Wildman–Crippen LogP) is 1.69. The highest BCUT2D eigenvalue weighted by molar-refractivity contribution is 5.93. The monoisotopic (exact) mass is 578 g/mol. The van der Waals surface area contributed by atoms with E-state index < -0.39 is 35.8 Å². The van der Waals surface area contributed by atoms with Crippen LogP contribution in [0.15, 0.2) is 53.7 Å². The molecule has 2 aromatic heterocycles. The van der Waals surface area contributed by atoms with Crippen LogP contribution in [-0.4, -0.2) is 62.0 Å². The van der Waals surface area contributed by atoms with Gasteiger partial charge in [-0.3, -0.25) is 23.9 Å². The summed E-state index contributed by atoms with van der Waals surface area (Å²) in [6, 6.07) is 7.10. The fourth-order valence-corrected chi connectivity index (χ4v) is 4.70. The number of amides is 4. The molecule has 1 aliphatic heterocycles. The van der Waals surface area contributed by atoms with E-state index in [0.717, 1.165) is 5.56 Å². The average molecular weight is 579 g/mol. The Labute approximate surface area is 244 Å². The van der Waals surface area contributed by atoms with Crippen LogP contribution >= 0.6 is 0 Å². The SMILES string of the molecule is CC(C)[C@@H]1NC(=O)[C@@H](NC(=O)CCCn2cncn2)CCCCNC(=O)c2coc(n2)[C@@H](Cc2ccccc2)NC1=O. The van der Waals surface area contributed by atoms with Crippen molar-refractivity contribution in [1.82, 2.24) is 41.0 Å². The second-order valence-corrected chi connectivity index (χ2v) is 10.7. The Kier molecular flexibility index (Phi) is 10.8. The molecule has 42 heavy (non-hydrogen) atoms. The van der Waals surface area contributed by atoms with Gasteiger partial charge in [0.2, 0.25) is 23.6 Å². The molecule has 0 saturated carbocycles. The van der Waals surface area contributed by atoms with E-state index >= 15 is 0 Å². The van der Waals surface area contributed by atoms with Crippen LogP contribution in [-0.2, 0) is 27.3 Å². The van der Waals surface area contributed by atoms with Crippen LogP contribution in [0.25, 0.3) is 0 Å². The summed E-state index contributed by atoms with van der Waals surface area (Å²) in [6.45, 7) is 4.55. The smallest absolute Gasteiger partial charge is 0.273 e. The molecule has 0 spiro atoms. The zero-order valence-electron chi connectivity index (χ0n) is 23.9. The van der Waals surface area contributed by atoms with Crippen LogP contribution in [0.4, 0.5) is 0 Å². The van der Waals surface area contributed by atoms with Crippen molar-refractivity contribution < 1.29 is 23.6 Å². The van der Waals surface area contributed by atoms with Crippen LogP contribution in [0.3, 0.4) is 0 Å². The minimum absolute atomic E-state index is 0.120. The van der Waals surface area contributed by atoms with Crippen molar-refractivity contribution in [2.24, 2.45) is 5.92 Å². The minimum atomic E-state index is -0.881. The Bertz CT molecular complexity index is 1320. The fraction of sp³-hybridized carbons (Fsp3) is 0.483. The van der Waals surface area contributed by atoms with Crippen molar-refractivity contribution >= 4 is 23.6 Å². The highest BCUT2D eigenvalue weighted by Gasteiger charge is 2.31. The van der Waals surface area contributed by atoms with Gasteiger partial charge in [-0.25, -0.2) is 9.97 Å². The number of benzene rings is 1. The number of carbonyl (C=O) groups is 4. The maximum absolute atomic E-state index is 13.6. The molecular weight excluding hydrogens is 540 g/mol. The molecule has 3 aromatic rings. The highest BCUT2D eigenvalue weighted by Crippen LogP contribution is 2.20. The summed E-state index contributed by atoms with van der Waals surface area (Å²) in [4.78, 5) is 60.8. The molecule has 1 aromatic carbocycles. The molecule has 2 bridgehead atoms. The first-order chi connectivity index (χ1) is 20.3. The number of rotatable bonds is 8. The van der Waals surface area contributed by atoms with Gasteiger partial charge in [-0.1, -0.05) is 44.2 Å². The molecule has 0 unspecified atom stereocenters. The third-order valence-electron chi connectivity index (χ3n) is 7.01. The zero-order chi connectivity index (χ0) is 29.9. The van der Waals surface area contributed by atoms with Gasteiger partial charge >= 0.3 is 0 Å². The van der Waals surface area contributed by atoms with E-state index in [1.165, 1.54) is 12.6 Å². The van der Waals surface area contributed by atoms with Gasteiger partial charge in [-0.05, 0) is 37.2 Å². The maximum atomic E-state index is 13.6. The van der Waals surface area contributed by atoms with Crippen LogP contribution in [0.5, 0.6) is 0 Å². The molecule has 0 aliphatic carbocycles. The molecule has 0 saturated heterocycles. The van der Waals surface area contributed by atoms with Crippen molar-refractivity contribution in [3.05, 3.63) is 66.4 Å². The van der Waals surface area contributed by atoms with E-state index in [2.05, 4.69) is 36.3 Å². The van der Waals surface area contributed by atoms with Gasteiger partial charge in [0.25, 0.3) is 5.91 Å². The van der Waals surface area contributed by atoms with Gasteiger partial charge in [0.1, 0.15) is 37.0 Å². The van der Waals surface area contributed by atoms with Crippen molar-refractivity contribution in [3.8, 4) is 0 Å². The normalized spacial score (nSPS) is 20.5. The van der Waals surface area contributed by atoms with E-state index in [-0.39, 0.29) is 29.8 Å². The van der Waals surface area contributed by atoms with Gasteiger partial charge in [0, 0.05) is 25.9 Å². The van der Waals surface area contributed by atoms with Gasteiger partial charge < -0.3 is 25.7 Å². The summed E-state index contributed by atoms with van der Waals surface area (Å²) in [5.74, 6) is -1.59. The van der Waals surface area contributed by atoms with Crippen molar-refractivity contribution in [2.45, 2.75) is 77.0 Å². The first kappa shape index (κ1) is 30.4. The van der Waals surface area contributed by atoms with Crippen molar-refractivity contribution in [1.29, 1.82) is 0 Å². The van der Waals surface area contributed by atoms with E-state index in [0.29, 0.717) is 45.2 Å². The molecule has 1 aliphatic rings. The molecule has 4 amide bonds. The van der Waals surface area contributed by atoms with E-state index in [1.54, 1.807) is 11.0 Å². The highest BCUT2D eigenvalue weighted by atomic mass is 16.3. The van der Waals surface area contributed by atoms with Gasteiger partial charge in [-0.15, -0.1) is 0 Å². The third-order valence-corrected chi connectivity index (χ3v) is 7.01. The molecule has 13 heteroatoms. The largest absolute Gasteiger partial charge is 0.446 e. The first-order valence-corrected chi connectivity index (χ1v) is 14.3. The number of hydrogen-bond acceptors (Lipinski definition) is 8. The Morgan fingerprint density at radius 3 is 2.67 bits per heavy atom. The second-order valence-electron chi connectivity index (χ2n) is 10.7. The lowest BCUT2D eigenvalue weighted by molar-refractivity contribution is -0.133. The maximum Gasteiger partial charge on any atom is 0.273 e. The van der Waals surface area contributed by atoms with E-state index in [1.807, 2.05) is 44.2 Å². The average Bonchev–Trinajstić information content (AvgIpc) is 3.67. The van der Waals surface area contributed by atoms with E-state index in [9.17, 15) is 19.2 Å². The lowest BCUT2D eigenvalue weighted by atomic mass is 10.00. The van der Waals surface area contributed by atoms with Gasteiger partial charge in [0.15, 0.2) is 5.69 Å². The molecular formula is C29H38N8O5. The molecule has 224 valence electrons.